The van der Waals surface area contributed by atoms with Gasteiger partial charge < -0.3 is 10.0 Å². The van der Waals surface area contributed by atoms with Crippen LogP contribution in [0, 0.1) is 11.2 Å². The average Bonchev–Trinajstić information content (AvgIpc) is 2.18. The molecule has 0 aromatic heterocycles. The number of nitrogens with zero attached hydrogens (tertiary/aromatic N) is 1. The third kappa shape index (κ3) is 3.45. The lowest BCUT2D eigenvalue weighted by atomic mass is 9.96. The smallest absolute Gasteiger partial charge is 0.336 e. The van der Waals surface area contributed by atoms with Crippen LogP contribution >= 0.6 is 15.9 Å². The molecule has 3 nitrogen and oxygen atoms in total. The lowest BCUT2D eigenvalue weighted by Crippen LogP contribution is -2.29. The van der Waals surface area contributed by atoms with Gasteiger partial charge in [-0.05, 0) is 33.5 Å². The summed E-state index contributed by atoms with van der Waals surface area (Å²) in [4.78, 5) is 12.7. The Bertz CT molecular complexity index is 469. The van der Waals surface area contributed by atoms with Gasteiger partial charge in [0.05, 0.1) is 15.7 Å². The number of hydrogen-bond donors (Lipinski definition) is 1. The molecule has 0 fully saturated rings. The Hall–Kier alpha value is -1.10. The molecule has 0 saturated heterocycles. The van der Waals surface area contributed by atoms with Crippen molar-refractivity contribution >= 4 is 27.6 Å². The van der Waals surface area contributed by atoms with E-state index in [1.807, 2.05) is 0 Å². The summed E-state index contributed by atoms with van der Waals surface area (Å²) in [5.41, 5.74) is 0.348. The zero-order valence-corrected chi connectivity index (χ0v) is 12.5. The second-order valence-corrected chi connectivity index (χ2v) is 6.28. The van der Waals surface area contributed by atoms with Crippen LogP contribution in [0.1, 0.15) is 31.1 Å². The van der Waals surface area contributed by atoms with Crippen LogP contribution in [0.25, 0.3) is 0 Å². The molecule has 0 heterocycles. The molecular formula is C13H17BrFNO2. The molecule has 0 radical (unpaired) electrons. The van der Waals surface area contributed by atoms with E-state index in [9.17, 15) is 9.18 Å². The second kappa shape index (κ2) is 5.26. The first-order chi connectivity index (χ1) is 8.13. The van der Waals surface area contributed by atoms with Crippen molar-refractivity contribution in [2.75, 3.05) is 18.5 Å². The monoisotopic (exact) mass is 317 g/mol. The third-order valence-electron chi connectivity index (χ3n) is 2.42. The predicted octanol–water partition coefficient (Wildman–Crippen LogP) is 3.77. The number of carboxylic acid groups (broad SMARTS) is 1. The molecule has 0 atom stereocenters. The molecule has 0 aliphatic carbocycles. The second-order valence-electron chi connectivity index (χ2n) is 5.48. The number of carbonyl (C=O) groups is 1. The molecule has 1 N–H and O–H groups in total. The van der Waals surface area contributed by atoms with Gasteiger partial charge in [0.1, 0.15) is 0 Å². The Labute approximate surface area is 115 Å². The van der Waals surface area contributed by atoms with E-state index in [0.717, 1.165) is 0 Å². The normalized spacial score (nSPS) is 11.4. The van der Waals surface area contributed by atoms with Crippen LogP contribution in [0.5, 0.6) is 0 Å². The largest absolute Gasteiger partial charge is 0.478 e. The molecule has 0 unspecified atom stereocenters. The Morgan fingerprint density at radius 2 is 2.00 bits per heavy atom. The number of halogens is 2. The van der Waals surface area contributed by atoms with Gasteiger partial charge in [0.2, 0.25) is 0 Å². The van der Waals surface area contributed by atoms with Crippen molar-refractivity contribution < 1.29 is 14.3 Å². The third-order valence-corrected chi connectivity index (χ3v) is 3.19. The highest BCUT2D eigenvalue weighted by Crippen LogP contribution is 2.30. The van der Waals surface area contributed by atoms with Crippen LogP contribution in [0.4, 0.5) is 10.1 Å². The zero-order valence-electron chi connectivity index (χ0n) is 10.9. The molecular weight excluding hydrogens is 301 g/mol. The van der Waals surface area contributed by atoms with Gasteiger partial charge in [0.15, 0.2) is 5.82 Å². The SMILES string of the molecule is CN(CC(C)(C)C)c1ccc(C(=O)O)c(Br)c1F. The first-order valence-electron chi connectivity index (χ1n) is 5.56. The lowest BCUT2D eigenvalue weighted by Gasteiger charge is -2.28. The minimum atomic E-state index is -1.15. The first kappa shape index (κ1) is 15.0. The zero-order chi connectivity index (χ0) is 14.1. The van der Waals surface area contributed by atoms with E-state index in [1.54, 1.807) is 11.9 Å². The number of aromatic carboxylic acids is 1. The summed E-state index contributed by atoms with van der Waals surface area (Å²) in [6.07, 6.45) is 0. The molecule has 0 bridgehead atoms. The van der Waals surface area contributed by atoms with Crippen molar-refractivity contribution in [1.82, 2.24) is 0 Å². The van der Waals surface area contributed by atoms with Crippen molar-refractivity contribution in [3.63, 3.8) is 0 Å². The molecule has 1 aromatic rings. The van der Waals surface area contributed by atoms with Gasteiger partial charge in [-0.1, -0.05) is 20.8 Å². The average molecular weight is 318 g/mol. The van der Waals surface area contributed by atoms with Crippen LogP contribution in [0.3, 0.4) is 0 Å². The standard InChI is InChI=1S/C13H17BrFNO2/c1-13(2,3)7-16(4)9-6-5-8(12(17)18)10(14)11(9)15/h5-6H,7H2,1-4H3,(H,17,18). The van der Waals surface area contributed by atoms with Crippen LogP contribution < -0.4 is 4.90 Å². The number of carboxylic acids is 1. The Kier molecular flexibility index (Phi) is 4.37. The quantitative estimate of drug-likeness (QED) is 0.922. The highest BCUT2D eigenvalue weighted by molar-refractivity contribution is 9.10. The molecule has 0 saturated carbocycles. The van der Waals surface area contributed by atoms with Crippen LogP contribution in [0.15, 0.2) is 16.6 Å². The van der Waals surface area contributed by atoms with Gasteiger partial charge in [0.25, 0.3) is 0 Å². The first-order valence-corrected chi connectivity index (χ1v) is 6.35. The number of hydrogen-bond acceptors (Lipinski definition) is 2. The van der Waals surface area contributed by atoms with Crippen molar-refractivity contribution in [2.45, 2.75) is 20.8 Å². The van der Waals surface area contributed by atoms with Crippen molar-refractivity contribution in [3.8, 4) is 0 Å². The van der Waals surface area contributed by atoms with Crippen molar-refractivity contribution in [1.29, 1.82) is 0 Å². The van der Waals surface area contributed by atoms with Crippen LogP contribution in [0.2, 0.25) is 0 Å². The van der Waals surface area contributed by atoms with Gasteiger partial charge in [-0.15, -0.1) is 0 Å². The fourth-order valence-electron chi connectivity index (χ4n) is 1.80. The van der Waals surface area contributed by atoms with Gasteiger partial charge in [-0.3, -0.25) is 0 Å². The molecule has 18 heavy (non-hydrogen) atoms. The number of anilines is 1. The van der Waals surface area contributed by atoms with Gasteiger partial charge in [-0.2, -0.15) is 0 Å². The minimum Gasteiger partial charge on any atom is -0.478 e. The van der Waals surface area contributed by atoms with E-state index in [4.69, 9.17) is 5.11 Å². The lowest BCUT2D eigenvalue weighted by molar-refractivity contribution is 0.0695. The van der Waals surface area contributed by atoms with Gasteiger partial charge in [-0.25, -0.2) is 9.18 Å². The predicted molar refractivity (Wildman–Crippen MR) is 73.8 cm³/mol. The molecule has 0 spiro atoms. The summed E-state index contributed by atoms with van der Waals surface area (Å²) >= 11 is 3.00. The van der Waals surface area contributed by atoms with Crippen molar-refractivity contribution in [2.24, 2.45) is 5.41 Å². The molecule has 0 aliphatic heterocycles. The van der Waals surface area contributed by atoms with E-state index in [0.29, 0.717) is 12.2 Å². The van der Waals surface area contributed by atoms with Crippen LogP contribution in [-0.2, 0) is 0 Å². The Balaban J connectivity index is 3.13. The molecule has 1 aromatic carbocycles. The molecule has 5 heteroatoms. The van der Waals surface area contributed by atoms with Gasteiger partial charge in [0, 0.05) is 13.6 Å². The summed E-state index contributed by atoms with van der Waals surface area (Å²) in [6.45, 7) is 6.84. The Morgan fingerprint density at radius 1 is 1.44 bits per heavy atom. The summed E-state index contributed by atoms with van der Waals surface area (Å²) < 4.78 is 14.1. The molecule has 100 valence electrons. The van der Waals surface area contributed by atoms with Gasteiger partial charge >= 0.3 is 5.97 Å². The molecule has 0 amide bonds. The molecule has 1 rings (SSSR count). The maximum absolute atomic E-state index is 14.1. The maximum Gasteiger partial charge on any atom is 0.336 e. The van der Waals surface area contributed by atoms with E-state index in [1.165, 1.54) is 12.1 Å². The summed E-state index contributed by atoms with van der Waals surface area (Å²) in [6, 6.07) is 2.90. The fourth-order valence-corrected chi connectivity index (χ4v) is 2.30. The summed E-state index contributed by atoms with van der Waals surface area (Å²) in [5.74, 6) is -1.69. The van der Waals surface area contributed by atoms with E-state index in [-0.39, 0.29) is 15.5 Å². The van der Waals surface area contributed by atoms with E-state index in [2.05, 4.69) is 36.7 Å². The Morgan fingerprint density at radius 3 is 2.44 bits per heavy atom. The molecule has 0 aliphatic rings. The summed E-state index contributed by atoms with van der Waals surface area (Å²) in [5, 5.41) is 8.90. The van der Waals surface area contributed by atoms with Crippen LogP contribution in [-0.4, -0.2) is 24.7 Å². The summed E-state index contributed by atoms with van der Waals surface area (Å²) in [7, 11) is 1.79. The van der Waals surface area contributed by atoms with E-state index < -0.39 is 11.8 Å². The maximum atomic E-state index is 14.1. The van der Waals surface area contributed by atoms with E-state index >= 15 is 0 Å². The fraction of sp³-hybridized carbons (Fsp3) is 0.462. The van der Waals surface area contributed by atoms with Crippen molar-refractivity contribution in [3.05, 3.63) is 28.0 Å². The topological polar surface area (TPSA) is 40.5 Å². The minimum absolute atomic E-state index is 0.00624. The number of rotatable bonds is 3. The highest BCUT2D eigenvalue weighted by Gasteiger charge is 2.20. The highest BCUT2D eigenvalue weighted by atomic mass is 79.9. The number of benzene rings is 1.